The molecule has 1 aliphatic heterocycles. The first-order chi connectivity index (χ1) is 13.9. The van der Waals surface area contributed by atoms with Crippen LogP contribution in [0.2, 0.25) is 0 Å². The predicted octanol–water partition coefficient (Wildman–Crippen LogP) is 3.89. The second-order valence-electron chi connectivity index (χ2n) is 7.47. The van der Waals surface area contributed by atoms with E-state index in [1.54, 1.807) is 13.0 Å². The predicted molar refractivity (Wildman–Crippen MR) is 114 cm³/mol. The number of para-hydroxylation sites is 1. The number of nitrogens with one attached hydrogen (secondary N) is 1. The fourth-order valence-electron chi connectivity index (χ4n) is 3.87. The van der Waals surface area contributed by atoms with Gasteiger partial charge in [0.25, 0.3) is 0 Å². The SMILES string of the molecule is Cc1cc(NC(=O)C2CCN(C(=O)Cn3c(C)c(Br)c4ccccc43)CC2)no1. The molecule has 1 fully saturated rings. The molecule has 7 nitrogen and oxygen atoms in total. The lowest BCUT2D eigenvalue weighted by molar-refractivity contribution is -0.135. The maximum Gasteiger partial charge on any atom is 0.242 e. The zero-order chi connectivity index (χ0) is 20.5. The van der Waals surface area contributed by atoms with Crippen LogP contribution in [-0.2, 0) is 16.1 Å². The molecule has 0 aliphatic carbocycles. The quantitative estimate of drug-likeness (QED) is 0.642. The molecule has 0 saturated carbocycles. The zero-order valence-corrected chi connectivity index (χ0v) is 18.0. The van der Waals surface area contributed by atoms with Crippen LogP contribution < -0.4 is 5.32 Å². The third kappa shape index (κ3) is 3.94. The largest absolute Gasteiger partial charge is 0.360 e. The summed E-state index contributed by atoms with van der Waals surface area (Å²) < 4.78 is 8.05. The van der Waals surface area contributed by atoms with Crippen LogP contribution in [-0.4, -0.2) is 39.5 Å². The number of fused-ring (bicyclic) bond motifs is 1. The van der Waals surface area contributed by atoms with Gasteiger partial charge >= 0.3 is 0 Å². The number of anilines is 1. The number of aromatic nitrogens is 2. The van der Waals surface area contributed by atoms with Crippen molar-refractivity contribution >= 4 is 44.5 Å². The van der Waals surface area contributed by atoms with Gasteiger partial charge in [-0.2, -0.15) is 0 Å². The Morgan fingerprint density at radius 3 is 2.66 bits per heavy atom. The van der Waals surface area contributed by atoms with Gasteiger partial charge in [0.2, 0.25) is 11.8 Å². The molecule has 1 N–H and O–H groups in total. The van der Waals surface area contributed by atoms with Crippen molar-refractivity contribution in [1.82, 2.24) is 14.6 Å². The van der Waals surface area contributed by atoms with E-state index in [-0.39, 0.29) is 17.7 Å². The third-order valence-corrected chi connectivity index (χ3v) is 6.55. The molecule has 0 unspecified atom stereocenters. The minimum Gasteiger partial charge on any atom is -0.360 e. The first kappa shape index (κ1) is 19.7. The smallest absolute Gasteiger partial charge is 0.242 e. The Labute approximate surface area is 177 Å². The van der Waals surface area contributed by atoms with Gasteiger partial charge in [-0.1, -0.05) is 23.4 Å². The van der Waals surface area contributed by atoms with Crippen LogP contribution in [0.15, 0.2) is 39.3 Å². The molecule has 152 valence electrons. The molecule has 0 spiro atoms. The number of halogens is 1. The van der Waals surface area contributed by atoms with Crippen LogP contribution in [0.4, 0.5) is 5.82 Å². The fourth-order valence-corrected chi connectivity index (χ4v) is 4.42. The van der Waals surface area contributed by atoms with Crippen LogP contribution in [0.1, 0.15) is 24.3 Å². The van der Waals surface area contributed by atoms with E-state index >= 15 is 0 Å². The first-order valence-corrected chi connectivity index (χ1v) is 10.5. The molecule has 29 heavy (non-hydrogen) atoms. The highest BCUT2D eigenvalue weighted by Gasteiger charge is 2.28. The van der Waals surface area contributed by atoms with E-state index in [4.69, 9.17) is 4.52 Å². The lowest BCUT2D eigenvalue weighted by Crippen LogP contribution is -2.42. The second kappa shape index (κ2) is 8.02. The van der Waals surface area contributed by atoms with Crippen LogP contribution in [0.5, 0.6) is 0 Å². The van der Waals surface area contributed by atoms with Crippen molar-refractivity contribution in [2.24, 2.45) is 5.92 Å². The zero-order valence-electron chi connectivity index (χ0n) is 16.4. The van der Waals surface area contributed by atoms with Crippen LogP contribution in [0.3, 0.4) is 0 Å². The van der Waals surface area contributed by atoms with Crippen LogP contribution in [0.25, 0.3) is 10.9 Å². The number of piperidine rings is 1. The number of carbonyl (C=O) groups excluding carboxylic acids is 2. The number of hydrogen-bond acceptors (Lipinski definition) is 4. The summed E-state index contributed by atoms with van der Waals surface area (Å²) in [5.41, 5.74) is 2.08. The standard InChI is InChI=1S/C21H23BrN4O3/c1-13-11-18(24-29-13)23-21(28)15-7-9-25(10-8-15)19(27)12-26-14(2)20(22)16-5-3-4-6-17(16)26/h3-6,11,15H,7-10,12H2,1-2H3,(H,23,24,28). The molecule has 4 rings (SSSR count). The van der Waals surface area contributed by atoms with Gasteiger partial charge in [0.15, 0.2) is 5.82 Å². The molecule has 0 atom stereocenters. The molecule has 1 aliphatic rings. The number of hydrogen-bond donors (Lipinski definition) is 1. The van der Waals surface area contributed by atoms with E-state index in [0.717, 1.165) is 21.1 Å². The molecular weight excluding hydrogens is 436 g/mol. The van der Waals surface area contributed by atoms with Gasteiger partial charge in [-0.3, -0.25) is 9.59 Å². The van der Waals surface area contributed by atoms with E-state index in [0.29, 0.717) is 44.1 Å². The Hall–Kier alpha value is -2.61. The van der Waals surface area contributed by atoms with Crippen molar-refractivity contribution in [3.63, 3.8) is 0 Å². The molecule has 1 saturated heterocycles. The molecule has 0 radical (unpaired) electrons. The Morgan fingerprint density at radius 2 is 1.97 bits per heavy atom. The Kier molecular flexibility index (Phi) is 5.45. The van der Waals surface area contributed by atoms with Crippen LogP contribution in [0, 0.1) is 19.8 Å². The third-order valence-electron chi connectivity index (χ3n) is 5.54. The monoisotopic (exact) mass is 458 g/mol. The molecule has 3 heterocycles. The summed E-state index contributed by atoms with van der Waals surface area (Å²) in [5, 5.41) is 7.70. The van der Waals surface area contributed by atoms with Gasteiger partial charge in [0, 0.05) is 46.1 Å². The number of nitrogens with zero attached hydrogens (tertiary/aromatic N) is 3. The van der Waals surface area contributed by atoms with Gasteiger partial charge in [0.1, 0.15) is 12.3 Å². The Balaban J connectivity index is 1.37. The summed E-state index contributed by atoms with van der Waals surface area (Å²) >= 11 is 3.64. The molecular formula is C21H23BrN4O3. The minimum atomic E-state index is -0.126. The molecule has 2 amide bonds. The van der Waals surface area contributed by atoms with Gasteiger partial charge in [-0.25, -0.2) is 0 Å². The summed E-state index contributed by atoms with van der Waals surface area (Å²) in [6.45, 7) is 5.25. The van der Waals surface area contributed by atoms with E-state index < -0.39 is 0 Å². The summed E-state index contributed by atoms with van der Waals surface area (Å²) in [4.78, 5) is 27.2. The number of carbonyl (C=O) groups is 2. The van der Waals surface area contributed by atoms with Gasteiger partial charge < -0.3 is 19.3 Å². The molecule has 8 heteroatoms. The average Bonchev–Trinajstić information content (AvgIpc) is 3.24. The number of likely N-dealkylation sites (tertiary alicyclic amines) is 1. The summed E-state index contributed by atoms with van der Waals surface area (Å²) in [5.74, 6) is 0.972. The summed E-state index contributed by atoms with van der Waals surface area (Å²) in [6.07, 6.45) is 1.28. The number of amides is 2. The first-order valence-electron chi connectivity index (χ1n) is 9.69. The van der Waals surface area contributed by atoms with E-state index in [1.165, 1.54) is 0 Å². The van der Waals surface area contributed by atoms with Gasteiger partial charge in [-0.05, 0) is 48.7 Å². The summed E-state index contributed by atoms with van der Waals surface area (Å²) in [6, 6.07) is 9.75. The van der Waals surface area contributed by atoms with E-state index in [9.17, 15) is 9.59 Å². The highest BCUT2D eigenvalue weighted by Crippen LogP contribution is 2.30. The van der Waals surface area contributed by atoms with Crippen molar-refractivity contribution in [2.75, 3.05) is 18.4 Å². The van der Waals surface area contributed by atoms with Crippen molar-refractivity contribution in [1.29, 1.82) is 0 Å². The molecule has 2 aromatic heterocycles. The Bertz CT molecular complexity index is 1060. The highest BCUT2D eigenvalue weighted by molar-refractivity contribution is 9.10. The number of aryl methyl sites for hydroxylation is 1. The fraction of sp³-hybridized carbons (Fsp3) is 0.381. The lowest BCUT2D eigenvalue weighted by atomic mass is 9.96. The normalized spacial score (nSPS) is 15.1. The highest BCUT2D eigenvalue weighted by atomic mass is 79.9. The van der Waals surface area contributed by atoms with Crippen molar-refractivity contribution in [3.8, 4) is 0 Å². The maximum absolute atomic E-state index is 12.9. The van der Waals surface area contributed by atoms with Crippen molar-refractivity contribution in [3.05, 3.63) is 46.3 Å². The topological polar surface area (TPSA) is 80.4 Å². The Morgan fingerprint density at radius 1 is 1.24 bits per heavy atom. The van der Waals surface area contributed by atoms with Gasteiger partial charge in [-0.15, -0.1) is 0 Å². The minimum absolute atomic E-state index is 0.0680. The van der Waals surface area contributed by atoms with E-state index in [2.05, 4.69) is 26.4 Å². The number of rotatable bonds is 4. The average molecular weight is 459 g/mol. The molecule has 0 bridgehead atoms. The van der Waals surface area contributed by atoms with Crippen molar-refractivity contribution in [2.45, 2.75) is 33.2 Å². The lowest BCUT2D eigenvalue weighted by Gasteiger charge is -2.31. The van der Waals surface area contributed by atoms with Crippen molar-refractivity contribution < 1.29 is 14.1 Å². The number of benzene rings is 1. The maximum atomic E-state index is 12.9. The summed E-state index contributed by atoms with van der Waals surface area (Å²) in [7, 11) is 0. The van der Waals surface area contributed by atoms with Crippen LogP contribution >= 0.6 is 15.9 Å². The molecule has 3 aromatic rings. The van der Waals surface area contributed by atoms with E-state index in [1.807, 2.05) is 40.7 Å². The second-order valence-corrected chi connectivity index (χ2v) is 8.26. The van der Waals surface area contributed by atoms with Gasteiger partial charge in [0.05, 0.1) is 0 Å². The molecule has 1 aromatic carbocycles.